The molecule has 0 saturated heterocycles. The first-order chi connectivity index (χ1) is 30.0. The molecule has 0 N–H and O–H groups in total. The molecule has 0 bridgehead atoms. The largest absolute Gasteiger partial charge is 0.311 e. The number of hydrogen-bond donors (Lipinski definition) is 0. The van der Waals surface area contributed by atoms with E-state index < -0.39 is 0 Å². The van der Waals surface area contributed by atoms with Crippen LogP contribution in [-0.2, 0) is 36.5 Å². The number of benzene rings is 7. The number of aryl methyl sites for hydroxylation is 3. The molecule has 2 heterocycles. The summed E-state index contributed by atoms with van der Waals surface area (Å²) < 4.78 is 0. The van der Waals surface area contributed by atoms with Gasteiger partial charge in [-0.3, -0.25) is 0 Å². The van der Waals surface area contributed by atoms with Gasteiger partial charge in [0, 0.05) is 33.9 Å². The highest BCUT2D eigenvalue weighted by molar-refractivity contribution is 7.00. The minimum atomic E-state index is -0.0121. The summed E-state index contributed by atoms with van der Waals surface area (Å²) in [5.74, 6) is 0. The Balaban J connectivity index is 1.29. The Bertz CT molecular complexity index is 2700. The van der Waals surface area contributed by atoms with Crippen molar-refractivity contribution in [2.45, 2.75) is 111 Å². The fourth-order valence-electron chi connectivity index (χ4n) is 11.4. The molecule has 2 aliphatic heterocycles. The second-order valence-corrected chi connectivity index (χ2v) is 20.7. The molecule has 0 radical (unpaired) electrons. The molecule has 2 nitrogen and oxygen atoms in total. The van der Waals surface area contributed by atoms with E-state index in [0.29, 0.717) is 0 Å². The van der Waals surface area contributed by atoms with E-state index in [1.807, 2.05) is 0 Å². The summed E-state index contributed by atoms with van der Waals surface area (Å²) in [6.07, 6.45) is 9.38. The van der Waals surface area contributed by atoms with Crippen molar-refractivity contribution in [2.75, 3.05) is 9.80 Å². The average Bonchev–Trinajstić information content (AvgIpc) is 3.28. The topological polar surface area (TPSA) is 6.48 Å². The molecule has 0 amide bonds. The summed E-state index contributed by atoms with van der Waals surface area (Å²) >= 11 is 0. The predicted octanol–water partition coefficient (Wildman–Crippen LogP) is 13.8. The van der Waals surface area contributed by atoms with Crippen LogP contribution in [0.25, 0.3) is 22.3 Å². The Morgan fingerprint density at radius 3 is 1.27 bits per heavy atom. The molecule has 0 spiro atoms. The van der Waals surface area contributed by atoms with Gasteiger partial charge < -0.3 is 9.80 Å². The first kappa shape index (κ1) is 39.1. The lowest BCUT2D eigenvalue weighted by Crippen LogP contribution is -2.62. The molecule has 7 aromatic carbocycles. The van der Waals surface area contributed by atoms with Crippen molar-refractivity contribution in [3.8, 4) is 22.3 Å². The molecule has 0 unspecified atom stereocenters. The summed E-state index contributed by atoms with van der Waals surface area (Å²) in [6, 6.07) is 52.2. The van der Waals surface area contributed by atoms with Crippen LogP contribution in [0.2, 0.25) is 0 Å². The quantitative estimate of drug-likeness (QED) is 0.164. The predicted molar refractivity (Wildman–Crippen MR) is 267 cm³/mol. The van der Waals surface area contributed by atoms with E-state index in [1.54, 1.807) is 0 Å². The van der Waals surface area contributed by atoms with Gasteiger partial charge in [-0.25, -0.2) is 0 Å². The summed E-state index contributed by atoms with van der Waals surface area (Å²) in [5.41, 5.74) is 27.5. The molecular weight excluding hydrogens is 747 g/mol. The van der Waals surface area contributed by atoms with Crippen molar-refractivity contribution < 1.29 is 0 Å². The van der Waals surface area contributed by atoms with Crippen molar-refractivity contribution in [1.82, 2.24) is 0 Å². The van der Waals surface area contributed by atoms with Gasteiger partial charge in [-0.1, -0.05) is 151 Å². The van der Waals surface area contributed by atoms with E-state index in [4.69, 9.17) is 0 Å². The Hall–Kier alpha value is -5.80. The normalized spacial score (nSPS) is 15.4. The molecule has 0 aromatic heterocycles. The molecule has 7 aromatic rings. The number of anilines is 6. The van der Waals surface area contributed by atoms with E-state index in [1.165, 1.54) is 137 Å². The third kappa shape index (κ3) is 6.29. The SMILES string of the molecule is Cc1cc2c3c(c1)N(c1c(-c4ccccc4)ccc4c1CCCC4)c1ccc(C(C)(C)C)cc1B3c1cc(C(C)(C)C)ccc1N2c1c(-c2ccccc2)ccc2c1CCCC2. The minimum absolute atomic E-state index is 0.0121. The monoisotopic (exact) mass is 806 g/mol. The molecule has 0 fully saturated rings. The van der Waals surface area contributed by atoms with E-state index in [0.717, 1.165) is 25.7 Å². The number of hydrogen-bond acceptors (Lipinski definition) is 2. The molecule has 2 aliphatic carbocycles. The second kappa shape index (κ2) is 14.7. The van der Waals surface area contributed by atoms with Crippen molar-refractivity contribution in [2.24, 2.45) is 0 Å². The Morgan fingerprint density at radius 1 is 0.435 bits per heavy atom. The van der Waals surface area contributed by atoms with Crippen molar-refractivity contribution in [3.63, 3.8) is 0 Å². The zero-order valence-electron chi connectivity index (χ0n) is 37.8. The van der Waals surface area contributed by atoms with Crippen LogP contribution >= 0.6 is 0 Å². The average molecular weight is 807 g/mol. The third-order valence-corrected chi connectivity index (χ3v) is 14.6. The summed E-state index contributed by atoms with van der Waals surface area (Å²) in [4.78, 5) is 5.48. The van der Waals surface area contributed by atoms with E-state index in [9.17, 15) is 0 Å². The highest BCUT2D eigenvalue weighted by Gasteiger charge is 2.46. The first-order valence-corrected chi connectivity index (χ1v) is 23.4. The number of nitrogens with zero attached hydrogens (tertiary/aromatic N) is 2. The van der Waals surface area contributed by atoms with Crippen molar-refractivity contribution in [1.29, 1.82) is 0 Å². The lowest BCUT2D eigenvalue weighted by atomic mass is 9.33. The van der Waals surface area contributed by atoms with Gasteiger partial charge >= 0.3 is 0 Å². The molecule has 0 saturated carbocycles. The van der Waals surface area contributed by atoms with Gasteiger partial charge in [0.1, 0.15) is 0 Å². The lowest BCUT2D eigenvalue weighted by Gasteiger charge is -2.47. The van der Waals surface area contributed by atoms with E-state index in [-0.39, 0.29) is 17.5 Å². The maximum Gasteiger partial charge on any atom is 0.252 e. The number of fused-ring (bicyclic) bond motifs is 6. The van der Waals surface area contributed by atoms with Gasteiger partial charge in [0.15, 0.2) is 0 Å². The van der Waals surface area contributed by atoms with E-state index >= 15 is 0 Å². The fraction of sp³-hybridized carbons (Fsp3) is 0.288. The maximum absolute atomic E-state index is 2.74. The van der Waals surface area contributed by atoms with Gasteiger partial charge in [-0.2, -0.15) is 0 Å². The molecule has 0 atom stereocenters. The number of rotatable bonds is 4. The van der Waals surface area contributed by atoms with Gasteiger partial charge in [0.05, 0.1) is 11.4 Å². The zero-order chi connectivity index (χ0) is 42.5. The van der Waals surface area contributed by atoms with Gasteiger partial charge in [-0.15, -0.1) is 0 Å². The summed E-state index contributed by atoms with van der Waals surface area (Å²) in [7, 11) is 0. The molecule has 62 heavy (non-hydrogen) atoms. The summed E-state index contributed by atoms with van der Waals surface area (Å²) in [6.45, 7) is 16.6. The van der Waals surface area contributed by atoms with Crippen molar-refractivity contribution >= 4 is 57.2 Å². The van der Waals surface area contributed by atoms with Crippen LogP contribution in [0.5, 0.6) is 0 Å². The van der Waals surface area contributed by atoms with Crippen LogP contribution in [0.1, 0.15) is 106 Å². The van der Waals surface area contributed by atoms with Crippen LogP contribution in [0, 0.1) is 6.92 Å². The standard InChI is InChI=1S/C59H59BN2/c1-38-34-53-55-54(35-38)62(57-46-25-17-15-23-42(46)27-31-48(57)40-20-12-9-13-21-40)52-33-29-44(59(5,6)7)37-50(52)60(55)49-36-43(58(2,3)4)28-32-51(49)61(53)56-45-24-16-14-22-41(45)26-30-47(56)39-18-10-8-11-19-39/h8-13,18-21,26-37H,14-17,22-25H2,1-7H3. The van der Waals surface area contributed by atoms with Crippen LogP contribution in [-0.4, -0.2) is 6.71 Å². The Kier molecular flexibility index (Phi) is 9.24. The van der Waals surface area contributed by atoms with Gasteiger partial charge in [-0.05, 0) is 160 Å². The van der Waals surface area contributed by atoms with Crippen molar-refractivity contribution in [3.05, 3.63) is 172 Å². The zero-order valence-corrected chi connectivity index (χ0v) is 37.8. The van der Waals surface area contributed by atoms with Crippen LogP contribution in [0.4, 0.5) is 34.1 Å². The first-order valence-electron chi connectivity index (χ1n) is 23.4. The Labute approximate surface area is 370 Å². The highest BCUT2D eigenvalue weighted by atomic mass is 15.2. The molecular formula is C59H59BN2. The minimum Gasteiger partial charge on any atom is -0.311 e. The Morgan fingerprint density at radius 2 is 0.855 bits per heavy atom. The molecule has 3 heteroatoms. The molecule has 11 rings (SSSR count). The third-order valence-electron chi connectivity index (χ3n) is 14.6. The second-order valence-electron chi connectivity index (χ2n) is 20.7. The maximum atomic E-state index is 2.74. The van der Waals surface area contributed by atoms with Crippen LogP contribution in [0.15, 0.2) is 133 Å². The summed E-state index contributed by atoms with van der Waals surface area (Å²) in [5, 5.41) is 0. The lowest BCUT2D eigenvalue weighted by molar-refractivity contribution is 0.590. The molecule has 4 aliphatic rings. The fourth-order valence-corrected chi connectivity index (χ4v) is 11.4. The smallest absolute Gasteiger partial charge is 0.252 e. The van der Waals surface area contributed by atoms with Gasteiger partial charge in [0.2, 0.25) is 0 Å². The van der Waals surface area contributed by atoms with Crippen LogP contribution < -0.4 is 26.2 Å². The molecule has 308 valence electrons. The highest BCUT2D eigenvalue weighted by Crippen LogP contribution is 2.52. The van der Waals surface area contributed by atoms with Gasteiger partial charge in [0.25, 0.3) is 6.71 Å². The van der Waals surface area contributed by atoms with E-state index in [2.05, 4.69) is 192 Å². The van der Waals surface area contributed by atoms with Crippen LogP contribution in [0.3, 0.4) is 0 Å².